The number of hydrogen-bond acceptors (Lipinski definition) is 4. The highest BCUT2D eigenvalue weighted by molar-refractivity contribution is 7.89. The topological polar surface area (TPSA) is 75.7 Å². The summed E-state index contributed by atoms with van der Waals surface area (Å²) in [6.07, 6.45) is 0.781. The lowest BCUT2D eigenvalue weighted by molar-refractivity contribution is 0.0936. The molecule has 0 aliphatic carbocycles. The van der Waals surface area contributed by atoms with E-state index in [-0.39, 0.29) is 22.4 Å². The number of benzene rings is 1. The molecule has 0 fully saturated rings. The number of nitrogens with one attached hydrogen (secondary N) is 1. The molecule has 0 saturated carbocycles. The van der Waals surface area contributed by atoms with Crippen molar-refractivity contribution in [3.8, 4) is 5.75 Å². The van der Waals surface area contributed by atoms with E-state index in [2.05, 4.69) is 5.32 Å². The van der Waals surface area contributed by atoms with Crippen molar-refractivity contribution in [1.82, 2.24) is 9.62 Å². The van der Waals surface area contributed by atoms with E-state index in [0.717, 1.165) is 10.7 Å². The third kappa shape index (κ3) is 3.95. The Morgan fingerprint density at radius 3 is 2.48 bits per heavy atom. The number of nitrogens with zero attached hydrogens (tertiary/aromatic N) is 1. The summed E-state index contributed by atoms with van der Waals surface area (Å²) in [7, 11) is 0.732. The Kier molecular flexibility index (Phi) is 5.74. The van der Waals surface area contributed by atoms with Crippen molar-refractivity contribution >= 4 is 15.9 Å². The van der Waals surface area contributed by atoms with Crippen molar-refractivity contribution in [3.05, 3.63) is 23.8 Å². The molecule has 1 N–H and O–H groups in total. The predicted octanol–water partition coefficient (Wildman–Crippen LogP) is 1.47. The minimum Gasteiger partial charge on any atom is -0.496 e. The van der Waals surface area contributed by atoms with E-state index < -0.39 is 10.0 Å². The summed E-state index contributed by atoms with van der Waals surface area (Å²) in [6.45, 7) is 3.83. The SMILES string of the molecule is CC[C@H](C)NC(=O)c1cc(S(=O)(=O)N(C)C)ccc1OC. The zero-order chi connectivity index (χ0) is 16.2. The average molecular weight is 314 g/mol. The molecule has 1 atom stereocenters. The van der Waals surface area contributed by atoms with Gasteiger partial charge >= 0.3 is 0 Å². The molecule has 118 valence electrons. The molecule has 0 radical (unpaired) electrons. The maximum atomic E-state index is 12.2. The van der Waals surface area contributed by atoms with E-state index in [1.807, 2.05) is 13.8 Å². The summed E-state index contributed by atoms with van der Waals surface area (Å²) in [6, 6.07) is 4.25. The van der Waals surface area contributed by atoms with Crippen LogP contribution in [0.3, 0.4) is 0 Å². The van der Waals surface area contributed by atoms with E-state index in [1.165, 1.54) is 39.4 Å². The molecule has 0 aliphatic heterocycles. The molecule has 1 aromatic carbocycles. The zero-order valence-corrected chi connectivity index (χ0v) is 13.8. The van der Waals surface area contributed by atoms with Gasteiger partial charge in [-0.3, -0.25) is 4.79 Å². The molecule has 0 heterocycles. The van der Waals surface area contributed by atoms with Crippen molar-refractivity contribution in [2.24, 2.45) is 0 Å². The zero-order valence-electron chi connectivity index (χ0n) is 13.0. The first-order valence-corrected chi connectivity index (χ1v) is 8.09. The fourth-order valence-electron chi connectivity index (χ4n) is 1.64. The maximum Gasteiger partial charge on any atom is 0.255 e. The molecule has 0 saturated heterocycles. The largest absolute Gasteiger partial charge is 0.496 e. The molecular formula is C14H22N2O4S. The first-order valence-electron chi connectivity index (χ1n) is 6.65. The van der Waals surface area contributed by atoms with Crippen LogP contribution in [0.2, 0.25) is 0 Å². The second-order valence-electron chi connectivity index (χ2n) is 4.93. The Bertz CT molecular complexity index is 611. The average Bonchev–Trinajstić information content (AvgIpc) is 2.45. The molecule has 0 aliphatic rings. The number of amides is 1. The Morgan fingerprint density at radius 1 is 1.38 bits per heavy atom. The molecule has 0 spiro atoms. The predicted molar refractivity (Wildman–Crippen MR) is 81.1 cm³/mol. The second-order valence-corrected chi connectivity index (χ2v) is 7.08. The third-order valence-corrected chi connectivity index (χ3v) is 5.00. The Labute approximate surface area is 126 Å². The summed E-state index contributed by atoms with van der Waals surface area (Å²) in [5.41, 5.74) is 0.209. The third-order valence-electron chi connectivity index (χ3n) is 3.18. The van der Waals surface area contributed by atoms with Gasteiger partial charge in [-0.05, 0) is 31.5 Å². The highest BCUT2D eigenvalue weighted by atomic mass is 32.2. The molecule has 1 rings (SSSR count). The molecule has 0 aromatic heterocycles. The number of hydrogen-bond donors (Lipinski definition) is 1. The van der Waals surface area contributed by atoms with Crippen LogP contribution in [0.15, 0.2) is 23.1 Å². The smallest absolute Gasteiger partial charge is 0.255 e. The van der Waals surface area contributed by atoms with E-state index in [4.69, 9.17) is 4.74 Å². The highest BCUT2D eigenvalue weighted by Crippen LogP contribution is 2.24. The summed E-state index contributed by atoms with van der Waals surface area (Å²) in [5, 5.41) is 2.80. The first kappa shape index (κ1) is 17.5. The van der Waals surface area contributed by atoms with Gasteiger partial charge in [0.15, 0.2) is 0 Å². The van der Waals surface area contributed by atoms with Gasteiger partial charge in [0.1, 0.15) is 5.75 Å². The Hall–Kier alpha value is -1.60. The second kappa shape index (κ2) is 6.91. The van der Waals surface area contributed by atoms with E-state index in [9.17, 15) is 13.2 Å². The molecule has 21 heavy (non-hydrogen) atoms. The fraction of sp³-hybridized carbons (Fsp3) is 0.500. The van der Waals surface area contributed by atoms with Crippen LogP contribution >= 0.6 is 0 Å². The summed E-state index contributed by atoms with van der Waals surface area (Å²) < 4.78 is 30.5. The molecule has 1 aromatic rings. The Balaban J connectivity index is 3.27. The van der Waals surface area contributed by atoms with Crippen LogP contribution in [0.1, 0.15) is 30.6 Å². The lowest BCUT2D eigenvalue weighted by atomic mass is 10.1. The van der Waals surface area contributed by atoms with Crippen molar-refractivity contribution in [3.63, 3.8) is 0 Å². The quantitative estimate of drug-likeness (QED) is 0.863. The van der Waals surface area contributed by atoms with Crippen LogP contribution in [-0.4, -0.2) is 45.9 Å². The van der Waals surface area contributed by atoms with Gasteiger partial charge in [-0.25, -0.2) is 12.7 Å². The molecule has 7 heteroatoms. The number of carbonyl (C=O) groups excluding carboxylic acids is 1. The minimum absolute atomic E-state index is 0.00341. The van der Waals surface area contributed by atoms with E-state index in [1.54, 1.807) is 0 Å². The maximum absolute atomic E-state index is 12.2. The van der Waals surface area contributed by atoms with Gasteiger partial charge in [-0.15, -0.1) is 0 Å². The molecule has 1 amide bonds. The van der Waals surface area contributed by atoms with Gasteiger partial charge in [0.2, 0.25) is 10.0 Å². The van der Waals surface area contributed by atoms with Gasteiger partial charge in [0.05, 0.1) is 17.6 Å². The summed E-state index contributed by atoms with van der Waals surface area (Å²) >= 11 is 0. The van der Waals surface area contributed by atoms with Gasteiger partial charge < -0.3 is 10.1 Å². The van der Waals surface area contributed by atoms with Crippen molar-refractivity contribution in [1.29, 1.82) is 0 Å². The van der Waals surface area contributed by atoms with Crippen molar-refractivity contribution < 1.29 is 17.9 Å². The minimum atomic E-state index is -3.59. The highest BCUT2D eigenvalue weighted by Gasteiger charge is 2.22. The molecule has 6 nitrogen and oxygen atoms in total. The van der Waals surface area contributed by atoms with Crippen LogP contribution in [0, 0.1) is 0 Å². The number of sulfonamides is 1. The number of methoxy groups -OCH3 is 1. The van der Waals surface area contributed by atoms with Gasteiger partial charge in [-0.2, -0.15) is 0 Å². The summed E-state index contributed by atoms with van der Waals surface area (Å²) in [5.74, 6) is -0.00878. The van der Waals surface area contributed by atoms with Crippen LogP contribution in [-0.2, 0) is 10.0 Å². The first-order chi connectivity index (χ1) is 9.73. The normalized spacial score (nSPS) is 13.0. The lowest BCUT2D eigenvalue weighted by Gasteiger charge is -2.16. The van der Waals surface area contributed by atoms with Gasteiger partial charge in [0.25, 0.3) is 5.91 Å². The fourth-order valence-corrected chi connectivity index (χ4v) is 2.57. The van der Waals surface area contributed by atoms with Gasteiger partial charge in [-0.1, -0.05) is 6.92 Å². The van der Waals surface area contributed by atoms with Crippen LogP contribution < -0.4 is 10.1 Å². The van der Waals surface area contributed by atoms with Crippen LogP contribution in [0.5, 0.6) is 5.75 Å². The molecule has 0 bridgehead atoms. The molecule has 0 unspecified atom stereocenters. The standard InChI is InChI=1S/C14H22N2O4S/c1-6-10(2)15-14(17)12-9-11(7-8-13(12)20-5)21(18,19)16(3)4/h7-10H,6H2,1-5H3,(H,15,17)/t10-/m0/s1. The van der Waals surface area contributed by atoms with E-state index >= 15 is 0 Å². The van der Waals surface area contributed by atoms with Crippen LogP contribution in [0.4, 0.5) is 0 Å². The van der Waals surface area contributed by atoms with Crippen LogP contribution in [0.25, 0.3) is 0 Å². The monoisotopic (exact) mass is 314 g/mol. The van der Waals surface area contributed by atoms with Crippen molar-refractivity contribution in [2.75, 3.05) is 21.2 Å². The molecular weight excluding hydrogens is 292 g/mol. The van der Waals surface area contributed by atoms with Gasteiger partial charge in [0, 0.05) is 20.1 Å². The van der Waals surface area contributed by atoms with E-state index in [0.29, 0.717) is 5.75 Å². The Morgan fingerprint density at radius 2 is 2.00 bits per heavy atom. The number of ether oxygens (including phenoxy) is 1. The number of rotatable bonds is 6. The lowest BCUT2D eigenvalue weighted by Crippen LogP contribution is -2.32. The number of carbonyl (C=O) groups is 1. The summed E-state index contributed by atoms with van der Waals surface area (Å²) in [4.78, 5) is 12.3. The van der Waals surface area contributed by atoms with Crippen molar-refractivity contribution in [2.45, 2.75) is 31.2 Å².